The van der Waals surface area contributed by atoms with E-state index >= 15 is 0 Å². The first-order chi connectivity index (χ1) is 9.94. The number of para-hydroxylation sites is 1. The Kier molecular flexibility index (Phi) is 5.27. The smallest absolute Gasteiger partial charge is 0.180 e. The van der Waals surface area contributed by atoms with Crippen molar-refractivity contribution in [1.29, 1.82) is 0 Å². The fourth-order valence-corrected chi connectivity index (χ4v) is 4.06. The molecular formula is C16H26N2O2S. The molecule has 0 bridgehead atoms. The van der Waals surface area contributed by atoms with Crippen LogP contribution in [0.2, 0.25) is 0 Å². The summed E-state index contributed by atoms with van der Waals surface area (Å²) in [6.45, 7) is 1.69. The highest BCUT2D eigenvalue weighted by atomic mass is 32.2. The molecule has 0 amide bonds. The highest BCUT2D eigenvalue weighted by Crippen LogP contribution is 2.28. The van der Waals surface area contributed by atoms with Crippen LogP contribution in [0.3, 0.4) is 0 Å². The summed E-state index contributed by atoms with van der Waals surface area (Å²) in [5, 5.41) is 3.47. The summed E-state index contributed by atoms with van der Waals surface area (Å²) in [5.41, 5.74) is 0.753. The normalized spacial score (nSPS) is 23.2. The van der Waals surface area contributed by atoms with Crippen molar-refractivity contribution >= 4 is 15.5 Å². The number of hydrogen-bond acceptors (Lipinski definition) is 4. The summed E-state index contributed by atoms with van der Waals surface area (Å²) in [6, 6.07) is 8.18. The quantitative estimate of drug-likeness (QED) is 0.908. The van der Waals surface area contributed by atoms with Gasteiger partial charge in [0.15, 0.2) is 9.84 Å². The molecule has 1 aliphatic carbocycles. The lowest BCUT2D eigenvalue weighted by Gasteiger charge is -2.34. The molecule has 1 saturated carbocycles. The maximum absolute atomic E-state index is 12.2. The molecule has 0 aromatic heterocycles. The standard InChI is InChI=1S/C16H26N2O2S/c1-4-21(19,20)16-11-6-5-10-15(16)17-13-8-7-9-14(12-13)18(2)3/h5-6,10-11,13-14,17H,4,7-9,12H2,1-3H3/t13-,14+/m1/s1. The predicted octanol–water partition coefficient (Wildman–Crippen LogP) is 2.76. The molecule has 2 rings (SSSR count). The Balaban J connectivity index is 2.17. The zero-order chi connectivity index (χ0) is 15.5. The van der Waals surface area contributed by atoms with E-state index in [1.165, 1.54) is 12.8 Å². The van der Waals surface area contributed by atoms with Crippen LogP contribution in [0, 0.1) is 0 Å². The number of sulfone groups is 1. The molecule has 0 heterocycles. The van der Waals surface area contributed by atoms with Gasteiger partial charge in [-0.3, -0.25) is 0 Å². The van der Waals surface area contributed by atoms with Gasteiger partial charge in [-0.05, 0) is 51.9 Å². The van der Waals surface area contributed by atoms with Crippen molar-refractivity contribution in [2.75, 3.05) is 25.2 Å². The first-order valence-corrected chi connectivity index (χ1v) is 9.34. The fourth-order valence-electron chi connectivity index (χ4n) is 3.00. The SMILES string of the molecule is CCS(=O)(=O)c1ccccc1N[C@@H]1CCC[C@H](N(C)C)C1. The predicted molar refractivity (Wildman–Crippen MR) is 87.5 cm³/mol. The summed E-state index contributed by atoms with van der Waals surface area (Å²) in [7, 11) is 1.04. The molecule has 118 valence electrons. The lowest BCUT2D eigenvalue weighted by atomic mass is 9.90. The van der Waals surface area contributed by atoms with E-state index in [4.69, 9.17) is 0 Å². The number of anilines is 1. The third-order valence-electron chi connectivity index (χ3n) is 4.34. The molecule has 0 radical (unpaired) electrons. The molecule has 1 aromatic rings. The zero-order valence-corrected chi connectivity index (χ0v) is 14.0. The number of hydrogen-bond donors (Lipinski definition) is 1. The van der Waals surface area contributed by atoms with Crippen LogP contribution in [0.1, 0.15) is 32.6 Å². The van der Waals surface area contributed by atoms with E-state index in [0.717, 1.165) is 18.5 Å². The van der Waals surface area contributed by atoms with Gasteiger partial charge in [0, 0.05) is 12.1 Å². The van der Waals surface area contributed by atoms with Crippen molar-refractivity contribution in [1.82, 2.24) is 4.90 Å². The molecular weight excluding hydrogens is 284 g/mol. The monoisotopic (exact) mass is 310 g/mol. The van der Waals surface area contributed by atoms with Gasteiger partial charge in [0.1, 0.15) is 0 Å². The van der Waals surface area contributed by atoms with Crippen LogP contribution >= 0.6 is 0 Å². The highest BCUT2D eigenvalue weighted by Gasteiger charge is 2.25. The topological polar surface area (TPSA) is 49.4 Å². The van der Waals surface area contributed by atoms with E-state index in [1.807, 2.05) is 12.1 Å². The molecule has 1 aliphatic rings. The van der Waals surface area contributed by atoms with Gasteiger partial charge in [0.05, 0.1) is 16.3 Å². The highest BCUT2D eigenvalue weighted by molar-refractivity contribution is 7.91. The molecule has 0 saturated heterocycles. The maximum Gasteiger partial charge on any atom is 0.180 e. The van der Waals surface area contributed by atoms with Crippen molar-refractivity contribution in [3.8, 4) is 0 Å². The number of nitrogens with one attached hydrogen (secondary N) is 1. The van der Waals surface area contributed by atoms with Crippen molar-refractivity contribution in [3.05, 3.63) is 24.3 Å². The molecule has 0 aliphatic heterocycles. The molecule has 0 unspecified atom stereocenters. The van der Waals surface area contributed by atoms with E-state index in [2.05, 4.69) is 24.3 Å². The minimum absolute atomic E-state index is 0.136. The minimum Gasteiger partial charge on any atom is -0.381 e. The zero-order valence-electron chi connectivity index (χ0n) is 13.2. The number of rotatable bonds is 5. The van der Waals surface area contributed by atoms with Crippen LogP contribution in [0.5, 0.6) is 0 Å². The second kappa shape index (κ2) is 6.79. The Hall–Kier alpha value is -1.07. The average molecular weight is 310 g/mol. The van der Waals surface area contributed by atoms with Gasteiger partial charge in [-0.2, -0.15) is 0 Å². The Morgan fingerprint density at radius 2 is 1.95 bits per heavy atom. The number of nitrogens with zero attached hydrogens (tertiary/aromatic N) is 1. The fraction of sp³-hybridized carbons (Fsp3) is 0.625. The molecule has 2 atom stereocenters. The van der Waals surface area contributed by atoms with Crippen LogP contribution in [-0.2, 0) is 9.84 Å². The lowest BCUT2D eigenvalue weighted by molar-refractivity contribution is 0.219. The molecule has 4 nitrogen and oxygen atoms in total. The van der Waals surface area contributed by atoms with Gasteiger partial charge in [-0.25, -0.2) is 8.42 Å². The van der Waals surface area contributed by atoms with Gasteiger partial charge in [0.2, 0.25) is 0 Å². The average Bonchev–Trinajstić information content (AvgIpc) is 2.48. The van der Waals surface area contributed by atoms with Crippen molar-refractivity contribution in [3.63, 3.8) is 0 Å². The minimum atomic E-state index is -3.18. The summed E-state index contributed by atoms with van der Waals surface area (Å²) in [5.74, 6) is 0.136. The summed E-state index contributed by atoms with van der Waals surface area (Å²) < 4.78 is 24.4. The van der Waals surface area contributed by atoms with Crippen LogP contribution in [0.25, 0.3) is 0 Å². The van der Waals surface area contributed by atoms with E-state index in [9.17, 15) is 8.42 Å². The summed E-state index contributed by atoms with van der Waals surface area (Å²) in [4.78, 5) is 2.70. The van der Waals surface area contributed by atoms with E-state index in [0.29, 0.717) is 17.0 Å². The molecule has 1 aromatic carbocycles. The van der Waals surface area contributed by atoms with Gasteiger partial charge in [-0.1, -0.05) is 19.1 Å². The molecule has 0 spiro atoms. The first-order valence-electron chi connectivity index (χ1n) is 7.68. The van der Waals surface area contributed by atoms with Crippen LogP contribution in [0.4, 0.5) is 5.69 Å². The molecule has 5 heteroatoms. The Morgan fingerprint density at radius 1 is 1.24 bits per heavy atom. The Bertz CT molecular complexity index is 569. The van der Waals surface area contributed by atoms with Crippen LogP contribution in [-0.4, -0.2) is 45.2 Å². The summed E-state index contributed by atoms with van der Waals surface area (Å²) in [6.07, 6.45) is 4.57. The second-order valence-corrected chi connectivity index (χ2v) is 8.27. The molecule has 1 fully saturated rings. The van der Waals surface area contributed by atoms with Gasteiger partial charge in [0.25, 0.3) is 0 Å². The maximum atomic E-state index is 12.2. The first kappa shape index (κ1) is 16.3. The number of benzene rings is 1. The third kappa shape index (κ3) is 3.98. The molecule has 21 heavy (non-hydrogen) atoms. The van der Waals surface area contributed by atoms with Crippen molar-refractivity contribution in [2.24, 2.45) is 0 Å². The third-order valence-corrected chi connectivity index (χ3v) is 6.12. The lowest BCUT2D eigenvalue weighted by Crippen LogP contribution is -2.38. The van der Waals surface area contributed by atoms with Gasteiger partial charge < -0.3 is 10.2 Å². The van der Waals surface area contributed by atoms with E-state index in [1.54, 1.807) is 19.1 Å². The van der Waals surface area contributed by atoms with Crippen molar-refractivity contribution < 1.29 is 8.42 Å². The molecule has 1 N–H and O–H groups in total. The summed E-state index contributed by atoms with van der Waals surface area (Å²) >= 11 is 0. The Morgan fingerprint density at radius 3 is 2.62 bits per heavy atom. The van der Waals surface area contributed by atoms with E-state index in [-0.39, 0.29) is 5.75 Å². The van der Waals surface area contributed by atoms with E-state index < -0.39 is 9.84 Å². The van der Waals surface area contributed by atoms with Crippen molar-refractivity contribution in [2.45, 2.75) is 49.6 Å². The van der Waals surface area contributed by atoms with Crippen LogP contribution < -0.4 is 5.32 Å². The van der Waals surface area contributed by atoms with Gasteiger partial charge in [-0.15, -0.1) is 0 Å². The largest absolute Gasteiger partial charge is 0.381 e. The Labute approximate surface area is 128 Å². The van der Waals surface area contributed by atoms with Crippen LogP contribution in [0.15, 0.2) is 29.2 Å². The second-order valence-electron chi connectivity index (χ2n) is 6.02. The van der Waals surface area contributed by atoms with Gasteiger partial charge >= 0.3 is 0 Å².